The summed E-state index contributed by atoms with van der Waals surface area (Å²) in [7, 11) is -4.09. The maximum absolute atomic E-state index is 12.2. The normalized spacial score (nSPS) is 11.3. The van der Waals surface area contributed by atoms with Gasteiger partial charge < -0.3 is 0 Å². The Labute approximate surface area is 148 Å². The highest BCUT2D eigenvalue weighted by atomic mass is 32.2. The summed E-state index contributed by atoms with van der Waals surface area (Å²) in [5.74, 6) is -0.808. The number of sulfonamides is 1. The quantitative estimate of drug-likeness (QED) is 0.752. The third kappa shape index (κ3) is 3.89. The van der Waals surface area contributed by atoms with Crippen LogP contribution >= 0.6 is 11.3 Å². The van der Waals surface area contributed by atoms with Crippen LogP contribution in [0.5, 0.6) is 0 Å². The number of benzene rings is 1. The van der Waals surface area contributed by atoms with Crippen LogP contribution in [0.3, 0.4) is 0 Å². The molecule has 2 heterocycles. The Balaban J connectivity index is 1.80. The lowest BCUT2D eigenvalue weighted by atomic mass is 10.2. The average molecular weight is 374 g/mol. The molecule has 0 aliphatic rings. The highest BCUT2D eigenvalue weighted by molar-refractivity contribution is 7.90. The maximum Gasteiger partial charge on any atom is 0.284 e. The van der Waals surface area contributed by atoms with Gasteiger partial charge in [0.1, 0.15) is 10.7 Å². The van der Waals surface area contributed by atoms with Gasteiger partial charge >= 0.3 is 0 Å². The fourth-order valence-corrected chi connectivity index (χ4v) is 3.62. The first kappa shape index (κ1) is 17.2. The summed E-state index contributed by atoms with van der Waals surface area (Å²) in [5, 5.41) is 9.10. The summed E-state index contributed by atoms with van der Waals surface area (Å²) < 4.78 is 26.3. The molecule has 0 radical (unpaired) electrons. The van der Waals surface area contributed by atoms with E-state index in [4.69, 9.17) is 0 Å². The van der Waals surface area contributed by atoms with E-state index in [-0.39, 0.29) is 10.7 Å². The van der Waals surface area contributed by atoms with Crippen molar-refractivity contribution in [1.82, 2.24) is 19.9 Å². The van der Waals surface area contributed by atoms with E-state index < -0.39 is 15.9 Å². The summed E-state index contributed by atoms with van der Waals surface area (Å²) in [5.41, 5.74) is 2.59. The predicted octanol–water partition coefficient (Wildman–Crippen LogP) is 2.34. The molecule has 25 heavy (non-hydrogen) atoms. The van der Waals surface area contributed by atoms with E-state index in [0.717, 1.165) is 11.1 Å². The van der Waals surface area contributed by atoms with Gasteiger partial charge in [-0.2, -0.15) is 13.5 Å². The lowest BCUT2D eigenvalue weighted by Gasteiger charge is -2.04. The van der Waals surface area contributed by atoms with Crippen LogP contribution in [0, 0.1) is 13.8 Å². The molecular formula is C16H14N4O3S2. The van der Waals surface area contributed by atoms with Crippen LogP contribution in [-0.4, -0.2) is 29.5 Å². The van der Waals surface area contributed by atoms with Crippen molar-refractivity contribution in [3.05, 3.63) is 58.7 Å². The van der Waals surface area contributed by atoms with Gasteiger partial charge in [0.15, 0.2) is 5.03 Å². The molecule has 1 aromatic carbocycles. The van der Waals surface area contributed by atoms with Gasteiger partial charge in [-0.3, -0.25) is 4.79 Å². The Morgan fingerprint density at radius 2 is 1.76 bits per heavy atom. The van der Waals surface area contributed by atoms with Crippen LogP contribution < -0.4 is 4.72 Å². The minimum absolute atomic E-state index is 0.0317. The number of carbonyl (C=O) groups excluding carboxylic acids is 1. The van der Waals surface area contributed by atoms with Crippen molar-refractivity contribution in [2.75, 3.05) is 0 Å². The Morgan fingerprint density at radius 1 is 1.04 bits per heavy atom. The first-order valence-corrected chi connectivity index (χ1v) is 9.61. The van der Waals surface area contributed by atoms with E-state index in [0.29, 0.717) is 10.7 Å². The molecule has 1 N–H and O–H groups in total. The molecule has 0 saturated carbocycles. The molecule has 1 amide bonds. The first-order valence-electron chi connectivity index (χ1n) is 7.25. The number of hydrogen-bond acceptors (Lipinski definition) is 7. The van der Waals surface area contributed by atoms with Crippen molar-refractivity contribution >= 4 is 27.3 Å². The monoisotopic (exact) mass is 374 g/mol. The largest absolute Gasteiger partial charge is 0.284 e. The molecule has 0 saturated heterocycles. The van der Waals surface area contributed by atoms with Crippen LogP contribution in [0.1, 0.15) is 21.7 Å². The maximum atomic E-state index is 12.2. The molecule has 9 heteroatoms. The van der Waals surface area contributed by atoms with Crippen molar-refractivity contribution in [3.63, 3.8) is 0 Å². The summed E-state index contributed by atoms with van der Waals surface area (Å²) in [6.45, 7) is 3.66. The van der Waals surface area contributed by atoms with Crippen molar-refractivity contribution in [2.24, 2.45) is 0 Å². The van der Waals surface area contributed by atoms with Gasteiger partial charge in [0.2, 0.25) is 0 Å². The lowest BCUT2D eigenvalue weighted by Crippen LogP contribution is -2.31. The number of hydrogen-bond donors (Lipinski definition) is 1. The second-order valence-electron chi connectivity index (χ2n) is 5.35. The zero-order valence-corrected chi connectivity index (χ0v) is 15.1. The zero-order valence-electron chi connectivity index (χ0n) is 13.4. The minimum Gasteiger partial charge on any atom is -0.266 e. The van der Waals surface area contributed by atoms with Crippen LogP contribution in [-0.2, 0) is 10.0 Å². The molecule has 0 atom stereocenters. The number of nitrogens with one attached hydrogen (secondary N) is 1. The SMILES string of the molecule is Cc1ccc(-c2nc(C(=O)NS(=O)(=O)c3ccc(C)nn3)cs2)cc1. The van der Waals surface area contributed by atoms with Gasteiger partial charge in [-0.15, -0.1) is 16.4 Å². The third-order valence-corrected chi connectivity index (χ3v) is 5.43. The second-order valence-corrected chi connectivity index (χ2v) is 7.84. The lowest BCUT2D eigenvalue weighted by molar-refractivity contribution is 0.0977. The fraction of sp³-hybridized carbons (Fsp3) is 0.125. The van der Waals surface area contributed by atoms with Gasteiger partial charge in [0.05, 0.1) is 5.69 Å². The number of nitrogens with zero attached hydrogens (tertiary/aromatic N) is 3. The molecule has 3 aromatic rings. The van der Waals surface area contributed by atoms with Gasteiger partial charge in [0.25, 0.3) is 15.9 Å². The summed E-state index contributed by atoms with van der Waals surface area (Å²) in [6, 6.07) is 10.5. The number of thiazole rings is 1. The van der Waals surface area contributed by atoms with Gasteiger partial charge in [-0.05, 0) is 26.0 Å². The summed E-state index contributed by atoms with van der Waals surface area (Å²) in [6.07, 6.45) is 0. The molecule has 7 nitrogen and oxygen atoms in total. The Morgan fingerprint density at radius 3 is 2.40 bits per heavy atom. The smallest absolute Gasteiger partial charge is 0.266 e. The standard InChI is InChI=1S/C16H14N4O3S2/c1-10-3-6-12(7-4-10)16-17-13(9-24-16)15(21)20-25(22,23)14-8-5-11(2)18-19-14/h3-9H,1-2H3,(H,20,21). The average Bonchev–Trinajstić information content (AvgIpc) is 3.06. The summed E-state index contributed by atoms with van der Waals surface area (Å²) >= 11 is 1.27. The Bertz CT molecular complexity index is 1010. The van der Waals surface area contributed by atoms with Gasteiger partial charge in [-0.1, -0.05) is 29.8 Å². The first-order chi connectivity index (χ1) is 11.8. The Hall–Kier alpha value is -2.65. The highest BCUT2D eigenvalue weighted by Gasteiger charge is 2.22. The van der Waals surface area contributed by atoms with Crippen LogP contribution in [0.4, 0.5) is 0 Å². The predicted molar refractivity (Wildman–Crippen MR) is 93.7 cm³/mol. The minimum atomic E-state index is -4.09. The van der Waals surface area contributed by atoms with Crippen molar-refractivity contribution in [3.8, 4) is 10.6 Å². The van der Waals surface area contributed by atoms with E-state index in [1.807, 2.05) is 35.9 Å². The van der Waals surface area contributed by atoms with Crippen molar-refractivity contribution < 1.29 is 13.2 Å². The molecule has 0 bridgehead atoms. The molecule has 2 aromatic heterocycles. The zero-order chi connectivity index (χ0) is 18.0. The van der Waals surface area contributed by atoms with Crippen LogP contribution in [0.2, 0.25) is 0 Å². The second kappa shape index (κ2) is 6.69. The van der Waals surface area contributed by atoms with E-state index >= 15 is 0 Å². The number of carbonyl (C=O) groups is 1. The van der Waals surface area contributed by atoms with Crippen molar-refractivity contribution in [2.45, 2.75) is 18.9 Å². The molecule has 0 aliphatic heterocycles. The number of amides is 1. The topological polar surface area (TPSA) is 102 Å². The Kier molecular flexibility index (Phi) is 4.60. The molecule has 0 unspecified atom stereocenters. The van der Waals surface area contributed by atoms with Crippen molar-refractivity contribution in [1.29, 1.82) is 0 Å². The van der Waals surface area contributed by atoms with E-state index in [9.17, 15) is 13.2 Å². The van der Waals surface area contributed by atoms with E-state index in [2.05, 4.69) is 15.2 Å². The molecular weight excluding hydrogens is 360 g/mol. The number of aromatic nitrogens is 3. The molecule has 128 valence electrons. The third-order valence-electron chi connectivity index (χ3n) is 3.31. The number of rotatable bonds is 4. The highest BCUT2D eigenvalue weighted by Crippen LogP contribution is 2.24. The van der Waals surface area contributed by atoms with E-state index in [1.165, 1.54) is 28.8 Å². The number of aryl methyl sites for hydroxylation is 2. The van der Waals surface area contributed by atoms with Crippen LogP contribution in [0.25, 0.3) is 10.6 Å². The van der Waals surface area contributed by atoms with E-state index in [1.54, 1.807) is 6.92 Å². The molecule has 3 rings (SSSR count). The molecule has 0 fully saturated rings. The summed E-state index contributed by atoms with van der Waals surface area (Å²) in [4.78, 5) is 16.4. The molecule has 0 aliphatic carbocycles. The van der Waals surface area contributed by atoms with Gasteiger partial charge in [-0.25, -0.2) is 9.71 Å². The molecule has 0 spiro atoms. The fourth-order valence-electron chi connectivity index (χ4n) is 1.96. The van der Waals surface area contributed by atoms with Gasteiger partial charge in [0, 0.05) is 10.9 Å². The van der Waals surface area contributed by atoms with Crippen LogP contribution in [0.15, 0.2) is 46.8 Å².